The van der Waals surface area contributed by atoms with Gasteiger partial charge in [-0.2, -0.15) is 5.26 Å². The Hall–Kier alpha value is -2.52. The fourth-order valence-corrected chi connectivity index (χ4v) is 4.93. The summed E-state index contributed by atoms with van der Waals surface area (Å²) in [4.78, 5) is 17.2. The molecule has 5 nitrogen and oxygen atoms in total. The van der Waals surface area contributed by atoms with Gasteiger partial charge >= 0.3 is 0 Å². The molecular formula is C22H24N4OS. The SMILES string of the molecule is Cc1cc(SCC(=O)NC2CCCCCC2)n2c(nc3ccccc32)c1C#N. The van der Waals surface area contributed by atoms with Crippen molar-refractivity contribution in [1.29, 1.82) is 5.26 Å². The first-order valence-corrected chi connectivity index (χ1v) is 10.9. The summed E-state index contributed by atoms with van der Waals surface area (Å²) in [7, 11) is 0. The summed E-state index contributed by atoms with van der Waals surface area (Å²) in [5.74, 6) is 0.445. The van der Waals surface area contributed by atoms with Crippen molar-refractivity contribution < 1.29 is 4.79 Å². The van der Waals surface area contributed by atoms with E-state index in [0.29, 0.717) is 23.0 Å². The van der Waals surface area contributed by atoms with Crippen LogP contribution in [0.2, 0.25) is 0 Å². The topological polar surface area (TPSA) is 70.2 Å². The molecule has 1 aliphatic rings. The highest BCUT2D eigenvalue weighted by Gasteiger charge is 2.18. The molecule has 1 amide bonds. The first kappa shape index (κ1) is 18.8. The number of hydrogen-bond donors (Lipinski definition) is 1. The van der Waals surface area contributed by atoms with Crippen LogP contribution in [-0.4, -0.2) is 27.1 Å². The Kier molecular flexibility index (Phi) is 5.54. The van der Waals surface area contributed by atoms with E-state index in [1.165, 1.54) is 37.4 Å². The van der Waals surface area contributed by atoms with Crippen molar-refractivity contribution in [1.82, 2.24) is 14.7 Å². The number of thioether (sulfide) groups is 1. The summed E-state index contributed by atoms with van der Waals surface area (Å²) < 4.78 is 2.00. The molecule has 4 rings (SSSR count). The normalized spacial score (nSPS) is 15.4. The molecule has 3 aromatic rings. The highest BCUT2D eigenvalue weighted by Crippen LogP contribution is 2.29. The molecule has 0 aliphatic heterocycles. The van der Waals surface area contributed by atoms with Gasteiger partial charge in [0.2, 0.25) is 5.91 Å². The molecule has 144 valence electrons. The molecule has 0 saturated heterocycles. The number of amides is 1. The number of nitriles is 1. The summed E-state index contributed by atoms with van der Waals surface area (Å²) in [6.45, 7) is 1.92. The van der Waals surface area contributed by atoms with Crippen molar-refractivity contribution in [2.24, 2.45) is 0 Å². The zero-order valence-electron chi connectivity index (χ0n) is 16.1. The fraction of sp³-hybridized carbons (Fsp3) is 0.409. The summed E-state index contributed by atoms with van der Waals surface area (Å²) in [6.07, 6.45) is 7.13. The zero-order valence-corrected chi connectivity index (χ0v) is 16.9. The van der Waals surface area contributed by atoms with Crippen LogP contribution in [0, 0.1) is 18.3 Å². The van der Waals surface area contributed by atoms with Gasteiger partial charge in [0, 0.05) is 6.04 Å². The number of para-hydroxylation sites is 2. The minimum Gasteiger partial charge on any atom is -0.353 e. The number of carbonyl (C=O) groups is 1. The minimum atomic E-state index is 0.0801. The van der Waals surface area contributed by atoms with Gasteiger partial charge in [0.1, 0.15) is 6.07 Å². The Labute approximate surface area is 169 Å². The lowest BCUT2D eigenvalue weighted by atomic mass is 10.1. The zero-order chi connectivity index (χ0) is 19.5. The van der Waals surface area contributed by atoms with Crippen LogP contribution in [0.1, 0.15) is 49.7 Å². The largest absolute Gasteiger partial charge is 0.353 e. The second kappa shape index (κ2) is 8.24. The first-order valence-electron chi connectivity index (χ1n) is 9.90. The Bertz CT molecular complexity index is 1060. The van der Waals surface area contributed by atoms with Crippen molar-refractivity contribution in [2.45, 2.75) is 56.5 Å². The number of pyridine rings is 1. The second-order valence-electron chi connectivity index (χ2n) is 7.46. The smallest absolute Gasteiger partial charge is 0.230 e. The van der Waals surface area contributed by atoms with Gasteiger partial charge < -0.3 is 5.32 Å². The van der Waals surface area contributed by atoms with Gasteiger partial charge in [0.15, 0.2) is 5.65 Å². The van der Waals surface area contributed by atoms with Crippen molar-refractivity contribution in [3.05, 3.63) is 41.5 Å². The lowest BCUT2D eigenvalue weighted by molar-refractivity contribution is -0.119. The predicted octanol–water partition coefficient (Wildman–Crippen LogP) is 4.60. The monoisotopic (exact) mass is 392 g/mol. The van der Waals surface area contributed by atoms with E-state index in [1.54, 1.807) is 0 Å². The fourth-order valence-electron chi connectivity index (χ4n) is 3.99. The molecule has 0 unspecified atom stereocenters. The lowest BCUT2D eigenvalue weighted by Crippen LogP contribution is -2.35. The van der Waals surface area contributed by atoms with E-state index in [2.05, 4.69) is 16.4 Å². The molecule has 28 heavy (non-hydrogen) atoms. The van der Waals surface area contributed by atoms with Gasteiger partial charge in [-0.3, -0.25) is 9.20 Å². The van der Waals surface area contributed by atoms with E-state index in [4.69, 9.17) is 0 Å². The van der Waals surface area contributed by atoms with Gasteiger partial charge in [-0.1, -0.05) is 49.6 Å². The minimum absolute atomic E-state index is 0.0801. The van der Waals surface area contributed by atoms with Gasteiger partial charge in [0.05, 0.1) is 27.4 Å². The maximum absolute atomic E-state index is 12.5. The number of rotatable bonds is 4. The van der Waals surface area contributed by atoms with Crippen LogP contribution in [0.25, 0.3) is 16.7 Å². The van der Waals surface area contributed by atoms with Crippen molar-refractivity contribution in [2.75, 3.05) is 5.75 Å². The molecule has 1 fully saturated rings. The standard InChI is InChI=1S/C22H24N4OS/c1-15-12-21(28-14-20(27)24-16-8-4-2-3-5-9-16)26-19-11-7-6-10-18(19)25-22(26)17(15)13-23/h6-7,10-12,16H,2-5,8-9,14H2,1H3,(H,24,27). The number of imidazole rings is 1. The quantitative estimate of drug-likeness (QED) is 0.520. The molecule has 0 bridgehead atoms. The molecule has 1 N–H and O–H groups in total. The highest BCUT2D eigenvalue weighted by molar-refractivity contribution is 7.99. The van der Waals surface area contributed by atoms with E-state index in [0.717, 1.165) is 34.5 Å². The Morgan fingerprint density at radius 1 is 1.29 bits per heavy atom. The number of hydrogen-bond acceptors (Lipinski definition) is 4. The van der Waals surface area contributed by atoms with Crippen LogP contribution in [0.3, 0.4) is 0 Å². The third-order valence-corrected chi connectivity index (χ3v) is 6.43. The maximum Gasteiger partial charge on any atom is 0.230 e. The molecule has 0 atom stereocenters. The van der Waals surface area contributed by atoms with E-state index in [1.807, 2.05) is 41.7 Å². The van der Waals surface area contributed by atoms with Gasteiger partial charge in [-0.25, -0.2) is 4.98 Å². The number of aromatic nitrogens is 2. The van der Waals surface area contributed by atoms with Crippen LogP contribution in [0.5, 0.6) is 0 Å². The van der Waals surface area contributed by atoms with Crippen molar-refractivity contribution >= 4 is 34.3 Å². The third-order valence-electron chi connectivity index (χ3n) is 5.42. The number of fused-ring (bicyclic) bond motifs is 3. The van der Waals surface area contributed by atoms with Gasteiger partial charge in [-0.05, 0) is 43.5 Å². The van der Waals surface area contributed by atoms with Crippen LogP contribution < -0.4 is 5.32 Å². The van der Waals surface area contributed by atoms with E-state index in [9.17, 15) is 10.1 Å². The molecule has 0 spiro atoms. The third kappa shape index (κ3) is 3.72. The molecule has 1 aromatic carbocycles. The van der Waals surface area contributed by atoms with Crippen LogP contribution in [-0.2, 0) is 4.79 Å². The van der Waals surface area contributed by atoms with Crippen LogP contribution >= 0.6 is 11.8 Å². The number of nitrogens with one attached hydrogen (secondary N) is 1. The van der Waals surface area contributed by atoms with Crippen molar-refractivity contribution in [3.8, 4) is 6.07 Å². The Morgan fingerprint density at radius 2 is 2.04 bits per heavy atom. The number of aryl methyl sites for hydroxylation is 1. The van der Waals surface area contributed by atoms with Gasteiger partial charge in [0.25, 0.3) is 0 Å². The first-order chi connectivity index (χ1) is 13.7. The van der Waals surface area contributed by atoms with E-state index in [-0.39, 0.29) is 5.91 Å². The maximum atomic E-state index is 12.5. The lowest BCUT2D eigenvalue weighted by Gasteiger charge is -2.16. The summed E-state index contributed by atoms with van der Waals surface area (Å²) in [5.41, 5.74) is 3.95. The average Bonchev–Trinajstić information content (AvgIpc) is 2.88. The molecule has 1 saturated carbocycles. The van der Waals surface area contributed by atoms with Crippen LogP contribution in [0.4, 0.5) is 0 Å². The molecule has 2 aromatic heterocycles. The number of carbonyl (C=O) groups excluding carboxylic acids is 1. The van der Waals surface area contributed by atoms with Gasteiger partial charge in [-0.15, -0.1) is 0 Å². The Morgan fingerprint density at radius 3 is 2.79 bits per heavy atom. The second-order valence-corrected chi connectivity index (χ2v) is 8.45. The van der Waals surface area contributed by atoms with E-state index < -0.39 is 0 Å². The molecule has 1 aliphatic carbocycles. The highest BCUT2D eigenvalue weighted by atomic mass is 32.2. The molecule has 2 heterocycles. The number of nitrogens with zero attached hydrogens (tertiary/aromatic N) is 3. The summed E-state index contributed by atoms with van der Waals surface area (Å²) in [6, 6.07) is 12.4. The van der Waals surface area contributed by atoms with Crippen molar-refractivity contribution in [3.63, 3.8) is 0 Å². The van der Waals surface area contributed by atoms with Crippen LogP contribution in [0.15, 0.2) is 35.4 Å². The molecule has 0 radical (unpaired) electrons. The summed E-state index contributed by atoms with van der Waals surface area (Å²) >= 11 is 1.51. The average molecular weight is 393 g/mol. The number of benzene rings is 1. The predicted molar refractivity (Wildman–Crippen MR) is 113 cm³/mol. The molecule has 6 heteroatoms. The summed E-state index contributed by atoms with van der Waals surface area (Å²) in [5, 5.41) is 13.7. The molecular weight excluding hydrogens is 368 g/mol. The Balaban J connectivity index is 1.60. The van der Waals surface area contributed by atoms with E-state index >= 15 is 0 Å².